The first kappa shape index (κ1) is 13.1. The maximum absolute atomic E-state index is 12.2. The van der Waals surface area contributed by atoms with Gasteiger partial charge in [0.2, 0.25) is 0 Å². The van der Waals surface area contributed by atoms with Gasteiger partial charge in [0, 0.05) is 18.4 Å². The van der Waals surface area contributed by atoms with Crippen LogP contribution in [0.2, 0.25) is 0 Å². The SMILES string of the molecule is Cc1nn(C)c2c1CC[C@H]1[C@H](C)C(=O)C(C#N)=C[C@]21C. The number of aryl methyl sites for hydroxylation is 2. The monoisotopic (exact) mass is 269 g/mol. The Morgan fingerprint density at radius 2 is 2.25 bits per heavy atom. The maximum Gasteiger partial charge on any atom is 0.176 e. The van der Waals surface area contributed by atoms with Crippen molar-refractivity contribution in [1.29, 1.82) is 5.26 Å². The highest BCUT2D eigenvalue weighted by Crippen LogP contribution is 2.50. The molecule has 20 heavy (non-hydrogen) atoms. The third-order valence-corrected chi connectivity index (χ3v) is 5.18. The zero-order valence-corrected chi connectivity index (χ0v) is 12.4. The second kappa shape index (κ2) is 4.05. The van der Waals surface area contributed by atoms with Crippen LogP contribution in [0.15, 0.2) is 11.6 Å². The Hall–Kier alpha value is -1.89. The van der Waals surface area contributed by atoms with Gasteiger partial charge in [-0.1, -0.05) is 19.9 Å². The number of carbonyl (C=O) groups is 1. The Labute approximate surface area is 119 Å². The summed E-state index contributed by atoms with van der Waals surface area (Å²) in [4.78, 5) is 12.2. The molecule has 0 spiro atoms. The number of nitrogens with zero attached hydrogens (tertiary/aromatic N) is 3. The number of allylic oxidation sites excluding steroid dienone is 2. The van der Waals surface area contributed by atoms with E-state index in [1.165, 1.54) is 11.3 Å². The van der Waals surface area contributed by atoms with E-state index in [0.717, 1.165) is 18.5 Å². The van der Waals surface area contributed by atoms with Gasteiger partial charge in [-0.15, -0.1) is 0 Å². The molecule has 1 aromatic rings. The molecule has 104 valence electrons. The van der Waals surface area contributed by atoms with E-state index < -0.39 is 0 Å². The first-order valence-electron chi connectivity index (χ1n) is 7.10. The van der Waals surface area contributed by atoms with Crippen molar-refractivity contribution in [1.82, 2.24) is 9.78 Å². The molecule has 3 rings (SSSR count). The first-order chi connectivity index (χ1) is 9.40. The zero-order chi connectivity index (χ0) is 14.7. The summed E-state index contributed by atoms with van der Waals surface area (Å²) >= 11 is 0. The van der Waals surface area contributed by atoms with Crippen LogP contribution in [-0.2, 0) is 23.7 Å². The van der Waals surface area contributed by atoms with Crippen LogP contribution in [0.5, 0.6) is 0 Å². The Morgan fingerprint density at radius 3 is 2.90 bits per heavy atom. The van der Waals surface area contributed by atoms with E-state index in [9.17, 15) is 10.1 Å². The van der Waals surface area contributed by atoms with Gasteiger partial charge in [-0.3, -0.25) is 9.48 Å². The van der Waals surface area contributed by atoms with Crippen molar-refractivity contribution >= 4 is 5.78 Å². The molecule has 0 saturated heterocycles. The zero-order valence-electron chi connectivity index (χ0n) is 12.4. The molecule has 1 heterocycles. The Balaban J connectivity index is 2.28. The van der Waals surface area contributed by atoms with Crippen LogP contribution in [-0.4, -0.2) is 15.6 Å². The predicted octanol–water partition coefficient (Wildman–Crippen LogP) is 2.22. The van der Waals surface area contributed by atoms with Crippen molar-refractivity contribution in [3.8, 4) is 6.07 Å². The maximum atomic E-state index is 12.2. The van der Waals surface area contributed by atoms with E-state index in [4.69, 9.17) is 0 Å². The molecule has 0 aromatic carbocycles. The molecule has 0 radical (unpaired) electrons. The van der Waals surface area contributed by atoms with E-state index in [0.29, 0.717) is 5.57 Å². The summed E-state index contributed by atoms with van der Waals surface area (Å²) in [5.41, 5.74) is 3.59. The average molecular weight is 269 g/mol. The molecular weight excluding hydrogens is 250 g/mol. The van der Waals surface area contributed by atoms with E-state index in [-0.39, 0.29) is 23.0 Å². The Kier molecular flexibility index (Phi) is 2.66. The molecule has 0 N–H and O–H groups in total. The van der Waals surface area contributed by atoms with E-state index >= 15 is 0 Å². The molecule has 2 aliphatic rings. The molecule has 4 heteroatoms. The lowest BCUT2D eigenvalue weighted by molar-refractivity contribution is -0.121. The van der Waals surface area contributed by atoms with E-state index in [2.05, 4.69) is 18.1 Å². The second-order valence-electron chi connectivity index (χ2n) is 6.29. The minimum atomic E-state index is -0.262. The summed E-state index contributed by atoms with van der Waals surface area (Å²) in [6, 6.07) is 2.08. The summed E-state index contributed by atoms with van der Waals surface area (Å²) < 4.78 is 1.94. The lowest BCUT2D eigenvalue weighted by Crippen LogP contribution is -2.46. The third-order valence-electron chi connectivity index (χ3n) is 5.18. The Morgan fingerprint density at radius 1 is 1.55 bits per heavy atom. The molecule has 0 fully saturated rings. The van der Waals surface area contributed by atoms with Crippen molar-refractivity contribution in [3.05, 3.63) is 28.6 Å². The summed E-state index contributed by atoms with van der Waals surface area (Å²) in [5.74, 6) is 0.162. The summed E-state index contributed by atoms with van der Waals surface area (Å²) in [6.45, 7) is 6.15. The van der Waals surface area contributed by atoms with Gasteiger partial charge in [-0.2, -0.15) is 10.4 Å². The average Bonchev–Trinajstić information content (AvgIpc) is 2.70. The van der Waals surface area contributed by atoms with Crippen LogP contribution in [0.4, 0.5) is 0 Å². The molecule has 0 aliphatic heterocycles. The topological polar surface area (TPSA) is 58.7 Å². The van der Waals surface area contributed by atoms with Crippen LogP contribution >= 0.6 is 0 Å². The minimum Gasteiger partial charge on any atom is -0.293 e. The van der Waals surface area contributed by atoms with Crippen molar-refractivity contribution in [2.24, 2.45) is 18.9 Å². The molecule has 0 unspecified atom stereocenters. The lowest BCUT2D eigenvalue weighted by Gasteiger charge is -2.45. The number of hydrogen-bond donors (Lipinski definition) is 0. The largest absolute Gasteiger partial charge is 0.293 e. The van der Waals surface area contributed by atoms with Crippen LogP contribution in [0, 0.1) is 30.1 Å². The quantitative estimate of drug-likeness (QED) is 0.725. The number of ketones is 1. The molecule has 0 amide bonds. The van der Waals surface area contributed by atoms with Gasteiger partial charge in [0.25, 0.3) is 0 Å². The highest BCUT2D eigenvalue weighted by Gasteiger charge is 2.49. The second-order valence-corrected chi connectivity index (χ2v) is 6.29. The first-order valence-corrected chi connectivity index (χ1v) is 7.10. The highest BCUT2D eigenvalue weighted by atomic mass is 16.1. The smallest absolute Gasteiger partial charge is 0.176 e. The number of aromatic nitrogens is 2. The van der Waals surface area contributed by atoms with Gasteiger partial charge in [-0.05, 0) is 31.2 Å². The predicted molar refractivity (Wildman–Crippen MR) is 75.0 cm³/mol. The fourth-order valence-corrected chi connectivity index (χ4v) is 4.28. The number of rotatable bonds is 0. The fourth-order valence-electron chi connectivity index (χ4n) is 4.28. The minimum absolute atomic E-state index is 0.00249. The molecular formula is C16H19N3O. The molecule has 0 bridgehead atoms. The van der Waals surface area contributed by atoms with Crippen molar-refractivity contribution < 1.29 is 4.79 Å². The standard InChI is InChI=1S/C16H19N3O/c1-9-13-6-5-12-10(2)18-19(4)15(12)16(13,3)7-11(8-17)14(9)20/h7,9,13H,5-6H2,1-4H3/t9-,13-,16-/m0/s1. The van der Waals surface area contributed by atoms with E-state index in [1.54, 1.807) is 0 Å². The van der Waals surface area contributed by atoms with Crippen molar-refractivity contribution in [3.63, 3.8) is 0 Å². The number of Topliss-reactive ketones (excluding diaryl/α,β-unsaturated/α-hetero) is 1. The summed E-state index contributed by atoms with van der Waals surface area (Å²) in [7, 11) is 1.96. The number of hydrogen-bond acceptors (Lipinski definition) is 3. The van der Waals surface area contributed by atoms with Gasteiger partial charge in [0.15, 0.2) is 5.78 Å². The molecule has 1 aromatic heterocycles. The third kappa shape index (κ3) is 1.46. The van der Waals surface area contributed by atoms with Gasteiger partial charge < -0.3 is 0 Å². The normalized spacial score (nSPS) is 32.1. The molecule has 0 saturated carbocycles. The summed E-state index contributed by atoms with van der Waals surface area (Å²) in [5, 5.41) is 13.8. The summed E-state index contributed by atoms with van der Waals surface area (Å²) in [6.07, 6.45) is 3.85. The molecule has 4 nitrogen and oxygen atoms in total. The Bertz CT molecular complexity index is 677. The van der Waals surface area contributed by atoms with Crippen LogP contribution in [0.3, 0.4) is 0 Å². The lowest BCUT2D eigenvalue weighted by atomic mass is 9.58. The van der Waals surface area contributed by atoms with Crippen LogP contribution in [0.1, 0.15) is 37.2 Å². The van der Waals surface area contributed by atoms with Crippen LogP contribution in [0.25, 0.3) is 0 Å². The van der Waals surface area contributed by atoms with Gasteiger partial charge in [0.05, 0.1) is 17.0 Å². The van der Waals surface area contributed by atoms with Crippen molar-refractivity contribution in [2.45, 2.75) is 39.0 Å². The number of nitriles is 1. The number of fused-ring (bicyclic) bond motifs is 3. The van der Waals surface area contributed by atoms with Crippen molar-refractivity contribution in [2.75, 3.05) is 0 Å². The molecule has 3 atom stereocenters. The molecule has 2 aliphatic carbocycles. The van der Waals surface area contributed by atoms with E-state index in [1.807, 2.05) is 31.7 Å². The number of carbonyl (C=O) groups excluding carboxylic acids is 1. The van der Waals surface area contributed by atoms with Gasteiger partial charge in [-0.25, -0.2) is 0 Å². The fraction of sp³-hybridized carbons (Fsp3) is 0.562. The van der Waals surface area contributed by atoms with Gasteiger partial charge in [0.1, 0.15) is 6.07 Å². The highest BCUT2D eigenvalue weighted by molar-refractivity contribution is 6.02. The van der Waals surface area contributed by atoms with Crippen LogP contribution < -0.4 is 0 Å². The van der Waals surface area contributed by atoms with Gasteiger partial charge >= 0.3 is 0 Å².